The molecule has 0 saturated carbocycles. The fraction of sp³-hybridized carbons (Fsp3) is 0.235. The number of carbonyl (C=O) groups is 1. The third-order valence-corrected chi connectivity index (χ3v) is 2.96. The van der Waals surface area contributed by atoms with E-state index in [2.05, 4.69) is 0 Å². The second-order valence-electron chi connectivity index (χ2n) is 4.45. The summed E-state index contributed by atoms with van der Waals surface area (Å²) in [4.78, 5) is 11.7. The fourth-order valence-corrected chi connectivity index (χ4v) is 1.81. The minimum atomic E-state index is -0.443. The Bertz CT molecular complexity index is 610. The van der Waals surface area contributed by atoms with Gasteiger partial charge in [-0.15, -0.1) is 0 Å². The fourth-order valence-electron chi connectivity index (χ4n) is 1.81. The zero-order chi connectivity index (χ0) is 15.8. The zero-order valence-electron chi connectivity index (χ0n) is 12.6. The molecule has 0 aromatic heterocycles. The molecule has 0 aliphatic rings. The number of esters is 1. The minimum absolute atomic E-state index is 0.185. The normalized spacial score (nSPS) is 9.91. The smallest absolute Gasteiger partial charge is 0.344 e. The van der Waals surface area contributed by atoms with E-state index in [4.69, 9.17) is 18.9 Å². The molecule has 0 atom stereocenters. The SMILES string of the molecule is COc1ccc(OCC(=O)OCc2ccccc2)c(OC)c1. The lowest BCUT2D eigenvalue weighted by Crippen LogP contribution is -2.15. The molecule has 0 amide bonds. The molecule has 0 unspecified atom stereocenters. The van der Waals surface area contributed by atoms with Gasteiger partial charge in [0.2, 0.25) is 0 Å². The predicted octanol–water partition coefficient (Wildman–Crippen LogP) is 2.83. The first-order valence-electron chi connectivity index (χ1n) is 6.77. The Balaban J connectivity index is 1.86. The molecule has 0 fully saturated rings. The number of hydrogen-bond donors (Lipinski definition) is 0. The molecule has 0 heterocycles. The van der Waals surface area contributed by atoms with Crippen LogP contribution in [0.5, 0.6) is 17.2 Å². The Hall–Kier alpha value is -2.69. The number of carbonyl (C=O) groups excluding carboxylic acids is 1. The van der Waals surface area contributed by atoms with Gasteiger partial charge in [-0.3, -0.25) is 0 Å². The van der Waals surface area contributed by atoms with Gasteiger partial charge < -0.3 is 18.9 Å². The van der Waals surface area contributed by atoms with Gasteiger partial charge in [0.15, 0.2) is 18.1 Å². The number of ether oxygens (including phenoxy) is 4. The molecule has 2 aromatic rings. The van der Waals surface area contributed by atoms with Crippen molar-refractivity contribution in [3.63, 3.8) is 0 Å². The van der Waals surface area contributed by atoms with Crippen molar-refractivity contribution in [2.45, 2.75) is 6.61 Å². The highest BCUT2D eigenvalue weighted by Crippen LogP contribution is 2.31. The molecule has 116 valence electrons. The van der Waals surface area contributed by atoms with Gasteiger partial charge in [-0.1, -0.05) is 30.3 Å². The molecule has 0 saturated heterocycles. The minimum Gasteiger partial charge on any atom is -0.497 e. The van der Waals surface area contributed by atoms with E-state index in [9.17, 15) is 4.79 Å². The molecule has 2 rings (SSSR count). The Labute approximate surface area is 129 Å². The lowest BCUT2D eigenvalue weighted by atomic mass is 10.2. The lowest BCUT2D eigenvalue weighted by molar-refractivity contribution is -0.147. The van der Waals surface area contributed by atoms with Crippen LogP contribution in [0.3, 0.4) is 0 Å². The van der Waals surface area contributed by atoms with Crippen LogP contribution in [-0.2, 0) is 16.1 Å². The molecular formula is C17H18O5. The second-order valence-corrected chi connectivity index (χ2v) is 4.45. The van der Waals surface area contributed by atoms with Crippen molar-refractivity contribution in [3.05, 3.63) is 54.1 Å². The molecule has 2 aromatic carbocycles. The Kier molecular flexibility index (Phi) is 5.65. The first kappa shape index (κ1) is 15.7. The van der Waals surface area contributed by atoms with E-state index in [1.807, 2.05) is 30.3 Å². The maximum Gasteiger partial charge on any atom is 0.344 e. The van der Waals surface area contributed by atoms with Crippen LogP contribution in [-0.4, -0.2) is 26.8 Å². The van der Waals surface area contributed by atoms with E-state index < -0.39 is 5.97 Å². The van der Waals surface area contributed by atoms with Crippen LogP contribution < -0.4 is 14.2 Å². The standard InChI is InChI=1S/C17H18O5/c1-19-14-8-9-15(16(10-14)20-2)21-12-17(18)22-11-13-6-4-3-5-7-13/h3-10H,11-12H2,1-2H3. The molecule has 0 aliphatic heterocycles. The van der Waals surface area contributed by atoms with Crippen LogP contribution in [0.25, 0.3) is 0 Å². The molecule has 5 nitrogen and oxygen atoms in total. The quantitative estimate of drug-likeness (QED) is 0.736. The van der Waals surface area contributed by atoms with Gasteiger partial charge in [-0.2, -0.15) is 0 Å². The van der Waals surface area contributed by atoms with Gasteiger partial charge in [0.1, 0.15) is 12.4 Å². The predicted molar refractivity (Wildman–Crippen MR) is 81.3 cm³/mol. The van der Waals surface area contributed by atoms with Crippen molar-refractivity contribution in [2.24, 2.45) is 0 Å². The van der Waals surface area contributed by atoms with E-state index in [1.54, 1.807) is 25.3 Å². The number of rotatable bonds is 7. The van der Waals surface area contributed by atoms with E-state index >= 15 is 0 Å². The summed E-state index contributed by atoms with van der Waals surface area (Å²) in [6.07, 6.45) is 0. The van der Waals surface area contributed by atoms with Crippen molar-refractivity contribution >= 4 is 5.97 Å². The molecule has 5 heteroatoms. The molecule has 0 radical (unpaired) electrons. The van der Waals surface area contributed by atoms with Gasteiger partial charge >= 0.3 is 5.97 Å². The molecule has 0 aliphatic carbocycles. The average molecular weight is 302 g/mol. The van der Waals surface area contributed by atoms with Crippen LogP contribution in [0.2, 0.25) is 0 Å². The Morgan fingerprint density at radius 1 is 0.955 bits per heavy atom. The summed E-state index contributed by atoms with van der Waals surface area (Å²) in [5.41, 5.74) is 0.929. The summed E-state index contributed by atoms with van der Waals surface area (Å²) in [6.45, 7) is 0.0400. The third kappa shape index (κ3) is 4.41. The van der Waals surface area contributed by atoms with Gasteiger partial charge in [0.25, 0.3) is 0 Å². The summed E-state index contributed by atoms with van der Waals surface area (Å²) < 4.78 is 20.9. The van der Waals surface area contributed by atoms with E-state index in [0.717, 1.165) is 5.56 Å². The molecule has 0 spiro atoms. The maximum atomic E-state index is 11.7. The largest absolute Gasteiger partial charge is 0.497 e. The average Bonchev–Trinajstić information content (AvgIpc) is 2.58. The summed E-state index contributed by atoms with van der Waals surface area (Å²) in [5.74, 6) is 1.16. The Morgan fingerprint density at radius 3 is 2.41 bits per heavy atom. The summed E-state index contributed by atoms with van der Waals surface area (Å²) >= 11 is 0. The van der Waals surface area contributed by atoms with Crippen molar-refractivity contribution < 1.29 is 23.7 Å². The van der Waals surface area contributed by atoms with Gasteiger partial charge in [0.05, 0.1) is 14.2 Å². The molecule has 0 bridgehead atoms. The monoisotopic (exact) mass is 302 g/mol. The summed E-state index contributed by atoms with van der Waals surface area (Å²) in [7, 11) is 3.09. The highest BCUT2D eigenvalue weighted by molar-refractivity contribution is 5.71. The van der Waals surface area contributed by atoms with Crippen molar-refractivity contribution in [2.75, 3.05) is 20.8 Å². The van der Waals surface area contributed by atoms with Gasteiger partial charge in [0, 0.05) is 6.07 Å². The highest BCUT2D eigenvalue weighted by atomic mass is 16.6. The lowest BCUT2D eigenvalue weighted by Gasteiger charge is -2.11. The third-order valence-electron chi connectivity index (χ3n) is 2.96. The second kappa shape index (κ2) is 7.93. The van der Waals surface area contributed by atoms with Crippen LogP contribution in [0.15, 0.2) is 48.5 Å². The van der Waals surface area contributed by atoms with Gasteiger partial charge in [-0.05, 0) is 17.7 Å². The maximum absolute atomic E-state index is 11.7. The van der Waals surface area contributed by atoms with E-state index in [-0.39, 0.29) is 13.2 Å². The van der Waals surface area contributed by atoms with Crippen molar-refractivity contribution in [3.8, 4) is 17.2 Å². The topological polar surface area (TPSA) is 54.0 Å². The van der Waals surface area contributed by atoms with Crippen molar-refractivity contribution in [1.29, 1.82) is 0 Å². The molecule has 22 heavy (non-hydrogen) atoms. The van der Waals surface area contributed by atoms with Gasteiger partial charge in [-0.25, -0.2) is 4.79 Å². The van der Waals surface area contributed by atoms with Crippen LogP contribution >= 0.6 is 0 Å². The van der Waals surface area contributed by atoms with Crippen molar-refractivity contribution in [1.82, 2.24) is 0 Å². The molecule has 0 N–H and O–H groups in total. The highest BCUT2D eigenvalue weighted by Gasteiger charge is 2.10. The zero-order valence-corrected chi connectivity index (χ0v) is 12.6. The Morgan fingerprint density at radius 2 is 1.73 bits per heavy atom. The number of hydrogen-bond acceptors (Lipinski definition) is 5. The summed E-state index contributed by atoms with van der Waals surface area (Å²) in [6, 6.07) is 14.6. The first-order chi connectivity index (χ1) is 10.7. The van der Waals surface area contributed by atoms with E-state index in [0.29, 0.717) is 17.2 Å². The van der Waals surface area contributed by atoms with Crippen LogP contribution in [0.1, 0.15) is 5.56 Å². The number of methoxy groups -OCH3 is 2. The van der Waals surface area contributed by atoms with Crippen LogP contribution in [0, 0.1) is 0 Å². The first-order valence-corrected chi connectivity index (χ1v) is 6.77. The van der Waals surface area contributed by atoms with Crippen LogP contribution in [0.4, 0.5) is 0 Å². The number of benzene rings is 2. The summed E-state index contributed by atoms with van der Waals surface area (Å²) in [5, 5.41) is 0. The molecular weight excluding hydrogens is 284 g/mol. The van der Waals surface area contributed by atoms with E-state index in [1.165, 1.54) is 7.11 Å².